The summed E-state index contributed by atoms with van der Waals surface area (Å²) in [7, 11) is 0. The summed E-state index contributed by atoms with van der Waals surface area (Å²) in [6.07, 6.45) is 0.840. The summed E-state index contributed by atoms with van der Waals surface area (Å²) in [5.41, 5.74) is 0.351. The molecule has 1 amide bonds. The molecular weight excluding hydrogens is 280 g/mol. The number of nitrogens with zero attached hydrogens (tertiary/aromatic N) is 1. The number of nitrogens with one attached hydrogen (secondary N) is 1. The number of amides is 1. The lowest BCUT2D eigenvalue weighted by Gasteiger charge is -2.20. The van der Waals surface area contributed by atoms with Gasteiger partial charge in [-0.3, -0.25) is 10.2 Å². The van der Waals surface area contributed by atoms with E-state index < -0.39 is 17.9 Å². The molecule has 0 aromatic heterocycles. The number of carbonyl (C=O) groups is 1. The lowest BCUT2D eigenvalue weighted by Crippen LogP contribution is -2.38. The van der Waals surface area contributed by atoms with Gasteiger partial charge in [0.25, 0.3) is 0 Å². The van der Waals surface area contributed by atoms with Gasteiger partial charge in [-0.1, -0.05) is 24.8 Å². The Balaban J connectivity index is 2.57. The topological polar surface area (TPSA) is 51.9 Å². The fourth-order valence-electron chi connectivity index (χ4n) is 1.67. The quantitative estimate of drug-likeness (QED) is 0.645. The summed E-state index contributed by atoms with van der Waals surface area (Å²) in [5.74, 6) is 0.739. The predicted octanol–water partition coefficient (Wildman–Crippen LogP) is 3.56. The molecule has 0 aliphatic heterocycles. The van der Waals surface area contributed by atoms with Gasteiger partial charge < -0.3 is 9.47 Å². The van der Waals surface area contributed by atoms with E-state index in [-0.39, 0.29) is 0 Å². The van der Waals surface area contributed by atoms with E-state index in [1.165, 1.54) is 0 Å². The van der Waals surface area contributed by atoms with Crippen LogP contribution in [0, 0.1) is 6.57 Å². The number of carbonyl (C=O) groups excluding carboxylic acids is 1. The van der Waals surface area contributed by atoms with Crippen molar-refractivity contribution in [1.29, 1.82) is 0 Å². The molecule has 0 unspecified atom stereocenters. The van der Waals surface area contributed by atoms with Crippen molar-refractivity contribution in [3.05, 3.63) is 53.9 Å². The fourth-order valence-corrected chi connectivity index (χ4v) is 1.67. The SMILES string of the molecule is [C-]#[N+][C@H](Cc1ccc(OCC=C)cc1)NC(=O)OC(C)(C)C. The number of alkyl carbamates (subject to hydrolysis) is 1. The van der Waals surface area contributed by atoms with Crippen molar-refractivity contribution >= 4 is 6.09 Å². The monoisotopic (exact) mass is 302 g/mol. The smallest absolute Gasteiger partial charge is 0.413 e. The maximum Gasteiger partial charge on any atom is 0.413 e. The molecule has 118 valence electrons. The lowest BCUT2D eigenvalue weighted by atomic mass is 10.1. The van der Waals surface area contributed by atoms with Crippen LogP contribution in [0.1, 0.15) is 26.3 Å². The fraction of sp³-hybridized carbons (Fsp3) is 0.412. The maximum absolute atomic E-state index is 11.7. The van der Waals surface area contributed by atoms with E-state index in [1.807, 2.05) is 24.3 Å². The average molecular weight is 302 g/mol. The molecule has 1 aromatic rings. The van der Waals surface area contributed by atoms with E-state index in [2.05, 4.69) is 16.7 Å². The number of benzene rings is 1. The molecule has 0 aliphatic carbocycles. The van der Waals surface area contributed by atoms with Gasteiger partial charge in [0.05, 0.1) is 6.42 Å². The zero-order chi connectivity index (χ0) is 16.6. The Morgan fingerprint density at radius 2 is 2.05 bits per heavy atom. The van der Waals surface area contributed by atoms with Crippen molar-refractivity contribution in [2.24, 2.45) is 0 Å². The molecule has 0 saturated carbocycles. The van der Waals surface area contributed by atoms with Crippen LogP contribution in [0.3, 0.4) is 0 Å². The highest BCUT2D eigenvalue weighted by Crippen LogP contribution is 2.14. The van der Waals surface area contributed by atoms with E-state index in [0.717, 1.165) is 11.3 Å². The number of hydrogen-bond donors (Lipinski definition) is 1. The second kappa shape index (κ2) is 8.08. The summed E-state index contributed by atoms with van der Waals surface area (Å²) in [6.45, 7) is 16.6. The molecule has 0 spiro atoms. The molecule has 0 fully saturated rings. The highest BCUT2D eigenvalue weighted by molar-refractivity contribution is 5.68. The van der Waals surface area contributed by atoms with Crippen molar-refractivity contribution in [3.63, 3.8) is 0 Å². The molecule has 1 N–H and O–H groups in total. The van der Waals surface area contributed by atoms with Gasteiger partial charge in [-0.25, -0.2) is 11.4 Å². The highest BCUT2D eigenvalue weighted by Gasteiger charge is 2.22. The molecule has 1 atom stereocenters. The second-order valence-corrected chi connectivity index (χ2v) is 5.74. The van der Waals surface area contributed by atoms with E-state index >= 15 is 0 Å². The Bertz CT molecular complexity index is 539. The first-order valence-corrected chi connectivity index (χ1v) is 7.03. The van der Waals surface area contributed by atoms with Gasteiger partial charge in [0, 0.05) is 0 Å². The zero-order valence-electron chi connectivity index (χ0n) is 13.3. The molecular formula is C17H22N2O3. The molecule has 0 heterocycles. The largest absolute Gasteiger partial charge is 0.490 e. The van der Waals surface area contributed by atoms with Gasteiger partial charge in [0.15, 0.2) is 0 Å². The van der Waals surface area contributed by atoms with Crippen LogP contribution in [0.5, 0.6) is 5.75 Å². The van der Waals surface area contributed by atoms with E-state index in [0.29, 0.717) is 13.0 Å². The molecule has 0 radical (unpaired) electrons. The molecule has 22 heavy (non-hydrogen) atoms. The first-order chi connectivity index (χ1) is 10.3. The third kappa shape index (κ3) is 6.80. The summed E-state index contributed by atoms with van der Waals surface area (Å²) in [4.78, 5) is 15.1. The normalized spacial score (nSPS) is 11.9. The molecule has 0 saturated heterocycles. The molecule has 1 rings (SSSR count). The van der Waals surface area contributed by atoms with Crippen molar-refractivity contribution < 1.29 is 14.3 Å². The summed E-state index contributed by atoms with van der Waals surface area (Å²) in [6, 6.07) is 7.39. The van der Waals surface area contributed by atoms with Gasteiger partial charge in [0.1, 0.15) is 18.0 Å². The molecule has 5 nitrogen and oxygen atoms in total. The van der Waals surface area contributed by atoms with Crippen molar-refractivity contribution in [1.82, 2.24) is 5.32 Å². The van der Waals surface area contributed by atoms with Gasteiger partial charge >= 0.3 is 12.3 Å². The van der Waals surface area contributed by atoms with Crippen LogP contribution >= 0.6 is 0 Å². The van der Waals surface area contributed by atoms with Gasteiger partial charge in [0.2, 0.25) is 0 Å². The van der Waals surface area contributed by atoms with E-state index in [1.54, 1.807) is 26.8 Å². The van der Waals surface area contributed by atoms with Crippen molar-refractivity contribution in [2.75, 3.05) is 6.61 Å². The second-order valence-electron chi connectivity index (χ2n) is 5.74. The summed E-state index contributed by atoms with van der Waals surface area (Å²) in [5, 5.41) is 2.56. The molecule has 0 aliphatic rings. The molecule has 5 heteroatoms. The van der Waals surface area contributed by atoms with Crippen LogP contribution in [0.2, 0.25) is 0 Å². The van der Waals surface area contributed by atoms with Crippen LogP contribution in [0.25, 0.3) is 4.85 Å². The minimum absolute atomic E-state index is 0.407. The van der Waals surface area contributed by atoms with Gasteiger partial charge in [-0.05, 0) is 38.5 Å². The van der Waals surface area contributed by atoms with Crippen LogP contribution in [-0.4, -0.2) is 24.5 Å². The highest BCUT2D eigenvalue weighted by atomic mass is 16.6. The third-order valence-electron chi connectivity index (χ3n) is 2.56. The predicted molar refractivity (Wildman–Crippen MR) is 85.6 cm³/mol. The third-order valence-corrected chi connectivity index (χ3v) is 2.56. The van der Waals surface area contributed by atoms with E-state index in [4.69, 9.17) is 16.0 Å². The molecule has 0 bridgehead atoms. The summed E-state index contributed by atoms with van der Waals surface area (Å²) < 4.78 is 10.5. The Labute approximate surface area is 131 Å². The van der Waals surface area contributed by atoms with Crippen LogP contribution in [0.4, 0.5) is 4.79 Å². The Hall–Kier alpha value is -2.48. The van der Waals surface area contributed by atoms with Crippen LogP contribution < -0.4 is 10.1 Å². The van der Waals surface area contributed by atoms with Crippen LogP contribution in [-0.2, 0) is 11.2 Å². The standard InChI is InChI=1S/C17H22N2O3/c1-6-11-21-14-9-7-13(8-10-14)12-15(18-5)19-16(20)22-17(2,3)4/h6-10,15H,1,11-12H2,2-4H3,(H,19,20)/t15-/m0/s1. The first-order valence-electron chi connectivity index (χ1n) is 7.03. The average Bonchev–Trinajstić information content (AvgIpc) is 2.43. The van der Waals surface area contributed by atoms with E-state index in [9.17, 15) is 4.79 Å². The number of rotatable bonds is 6. The molecule has 1 aromatic carbocycles. The number of ether oxygens (including phenoxy) is 2. The number of hydrogen-bond acceptors (Lipinski definition) is 3. The van der Waals surface area contributed by atoms with Crippen LogP contribution in [0.15, 0.2) is 36.9 Å². The van der Waals surface area contributed by atoms with Gasteiger partial charge in [-0.15, -0.1) is 0 Å². The minimum atomic E-state index is -0.658. The maximum atomic E-state index is 11.7. The van der Waals surface area contributed by atoms with Crippen molar-refractivity contribution in [2.45, 2.75) is 39.0 Å². The lowest BCUT2D eigenvalue weighted by molar-refractivity contribution is 0.0514. The summed E-state index contributed by atoms with van der Waals surface area (Å²) >= 11 is 0. The van der Waals surface area contributed by atoms with Crippen molar-refractivity contribution in [3.8, 4) is 5.75 Å². The zero-order valence-corrected chi connectivity index (χ0v) is 13.3. The van der Waals surface area contributed by atoms with Gasteiger partial charge in [-0.2, -0.15) is 0 Å². The Kier molecular flexibility index (Phi) is 6.46. The Morgan fingerprint density at radius 3 is 2.55 bits per heavy atom. The minimum Gasteiger partial charge on any atom is -0.490 e. The first kappa shape index (κ1) is 17.6. The Morgan fingerprint density at radius 1 is 1.41 bits per heavy atom.